The molecule has 0 unspecified atom stereocenters. The van der Waals surface area contributed by atoms with Gasteiger partial charge in [-0.05, 0) is 52.7 Å². The third-order valence-corrected chi connectivity index (χ3v) is 5.48. The standard InChI is InChI=1S/C20H22N8OS/c1-29-18-12-10-17(11-13-18)28-20(22-24-26-28)30-15-7-3-6-14-27-23-19(21-25-27)16-8-4-2-5-9-16/h2,4-5,8-13H,3,6-7,14-15H2,1H3. The van der Waals surface area contributed by atoms with Crippen molar-refractivity contribution in [3.05, 3.63) is 54.6 Å². The molecule has 30 heavy (non-hydrogen) atoms. The number of aryl methyl sites for hydroxylation is 1. The molecule has 154 valence electrons. The summed E-state index contributed by atoms with van der Waals surface area (Å²) in [6.07, 6.45) is 3.12. The van der Waals surface area contributed by atoms with Gasteiger partial charge in [0.1, 0.15) is 5.75 Å². The fourth-order valence-electron chi connectivity index (χ4n) is 2.89. The van der Waals surface area contributed by atoms with Crippen LogP contribution in [0.25, 0.3) is 17.1 Å². The molecule has 4 aromatic rings. The molecule has 9 nitrogen and oxygen atoms in total. The van der Waals surface area contributed by atoms with Gasteiger partial charge in [-0.3, -0.25) is 0 Å². The van der Waals surface area contributed by atoms with Gasteiger partial charge in [0.25, 0.3) is 0 Å². The van der Waals surface area contributed by atoms with Crippen LogP contribution in [0.3, 0.4) is 0 Å². The van der Waals surface area contributed by atoms with Crippen LogP contribution < -0.4 is 4.74 Å². The molecule has 0 N–H and O–H groups in total. The number of thioether (sulfide) groups is 1. The monoisotopic (exact) mass is 422 g/mol. The molecule has 2 aromatic heterocycles. The van der Waals surface area contributed by atoms with Crippen molar-refractivity contribution >= 4 is 11.8 Å². The highest BCUT2D eigenvalue weighted by Crippen LogP contribution is 2.21. The van der Waals surface area contributed by atoms with Gasteiger partial charge in [-0.1, -0.05) is 48.5 Å². The minimum Gasteiger partial charge on any atom is -0.497 e. The van der Waals surface area contributed by atoms with Gasteiger partial charge in [0, 0.05) is 11.3 Å². The van der Waals surface area contributed by atoms with Crippen LogP contribution >= 0.6 is 11.8 Å². The van der Waals surface area contributed by atoms with E-state index in [1.807, 2.05) is 54.6 Å². The van der Waals surface area contributed by atoms with Crippen molar-refractivity contribution in [3.8, 4) is 22.8 Å². The van der Waals surface area contributed by atoms with Gasteiger partial charge in [-0.25, -0.2) is 0 Å². The van der Waals surface area contributed by atoms with Gasteiger partial charge in [0.15, 0.2) is 0 Å². The molecule has 0 bridgehead atoms. The Balaban J connectivity index is 1.20. The second kappa shape index (κ2) is 9.97. The molecule has 0 saturated carbocycles. The normalized spacial score (nSPS) is 11.0. The minimum atomic E-state index is 0.663. The maximum absolute atomic E-state index is 5.19. The van der Waals surface area contributed by atoms with Crippen LogP contribution in [-0.4, -0.2) is 53.3 Å². The predicted molar refractivity (Wildman–Crippen MR) is 114 cm³/mol. The lowest BCUT2D eigenvalue weighted by Crippen LogP contribution is -2.03. The van der Waals surface area contributed by atoms with Crippen molar-refractivity contribution in [2.24, 2.45) is 0 Å². The van der Waals surface area contributed by atoms with E-state index >= 15 is 0 Å². The summed E-state index contributed by atoms with van der Waals surface area (Å²) in [6.45, 7) is 0.758. The number of ether oxygens (including phenoxy) is 1. The second-order valence-corrected chi connectivity index (χ2v) is 7.62. The molecule has 0 amide bonds. The largest absolute Gasteiger partial charge is 0.497 e. The summed E-state index contributed by atoms with van der Waals surface area (Å²) in [6, 6.07) is 17.6. The topological polar surface area (TPSA) is 96.4 Å². The van der Waals surface area contributed by atoms with Crippen molar-refractivity contribution in [3.63, 3.8) is 0 Å². The first kappa shape index (κ1) is 20.0. The third kappa shape index (κ3) is 5.01. The Bertz CT molecular complexity index is 1050. The SMILES string of the molecule is COc1ccc(-n2nnnc2SCCCCCn2nnc(-c3ccccc3)n2)cc1. The molecule has 4 rings (SSSR count). The maximum atomic E-state index is 5.19. The summed E-state index contributed by atoms with van der Waals surface area (Å²) in [7, 11) is 1.65. The Labute approximate surface area is 178 Å². The Hall–Kier alpha value is -3.27. The number of hydrogen-bond acceptors (Lipinski definition) is 8. The first-order chi connectivity index (χ1) is 14.8. The zero-order chi connectivity index (χ0) is 20.6. The predicted octanol–water partition coefficient (Wildman–Crippen LogP) is 3.29. The van der Waals surface area contributed by atoms with E-state index in [-0.39, 0.29) is 0 Å². The van der Waals surface area contributed by atoms with Crippen molar-refractivity contribution in [1.29, 1.82) is 0 Å². The quantitative estimate of drug-likeness (QED) is 0.284. The molecule has 0 radical (unpaired) electrons. The molecule has 0 aliphatic rings. The summed E-state index contributed by atoms with van der Waals surface area (Å²) in [5, 5.41) is 25.5. The summed E-state index contributed by atoms with van der Waals surface area (Å²) in [4.78, 5) is 1.67. The van der Waals surface area contributed by atoms with Crippen LogP contribution in [0, 0.1) is 0 Å². The number of nitrogens with zero attached hydrogens (tertiary/aromatic N) is 8. The van der Waals surface area contributed by atoms with Gasteiger partial charge < -0.3 is 4.74 Å². The third-order valence-electron chi connectivity index (χ3n) is 4.48. The fraction of sp³-hybridized carbons (Fsp3) is 0.300. The summed E-state index contributed by atoms with van der Waals surface area (Å²) >= 11 is 1.65. The smallest absolute Gasteiger partial charge is 0.214 e. The van der Waals surface area contributed by atoms with Crippen LogP contribution in [0.2, 0.25) is 0 Å². The molecule has 2 heterocycles. The van der Waals surface area contributed by atoms with Gasteiger partial charge in [-0.15, -0.1) is 15.3 Å². The van der Waals surface area contributed by atoms with E-state index in [9.17, 15) is 0 Å². The van der Waals surface area contributed by atoms with E-state index in [0.29, 0.717) is 5.82 Å². The van der Waals surface area contributed by atoms with Crippen molar-refractivity contribution in [2.75, 3.05) is 12.9 Å². The van der Waals surface area contributed by atoms with E-state index in [1.54, 1.807) is 28.3 Å². The van der Waals surface area contributed by atoms with Crippen LogP contribution in [0.4, 0.5) is 0 Å². The van der Waals surface area contributed by atoms with Crippen molar-refractivity contribution < 1.29 is 4.74 Å². The van der Waals surface area contributed by atoms with E-state index in [1.165, 1.54) is 0 Å². The Morgan fingerprint density at radius 1 is 0.900 bits per heavy atom. The highest BCUT2D eigenvalue weighted by atomic mass is 32.2. The van der Waals surface area contributed by atoms with E-state index in [0.717, 1.165) is 53.7 Å². The summed E-state index contributed by atoms with van der Waals surface area (Å²) in [5.41, 5.74) is 1.89. The number of benzene rings is 2. The lowest BCUT2D eigenvalue weighted by atomic mass is 10.2. The van der Waals surface area contributed by atoms with Crippen LogP contribution in [-0.2, 0) is 6.54 Å². The summed E-state index contributed by atoms with van der Waals surface area (Å²) < 4.78 is 6.94. The first-order valence-electron chi connectivity index (χ1n) is 9.72. The van der Waals surface area contributed by atoms with Crippen LogP contribution in [0.1, 0.15) is 19.3 Å². The van der Waals surface area contributed by atoms with Crippen molar-refractivity contribution in [2.45, 2.75) is 31.0 Å². The number of hydrogen-bond donors (Lipinski definition) is 0. The average molecular weight is 423 g/mol. The molecule has 0 saturated heterocycles. The molecule has 0 spiro atoms. The zero-order valence-electron chi connectivity index (χ0n) is 16.6. The summed E-state index contributed by atoms with van der Waals surface area (Å²) in [5.74, 6) is 2.41. The molecule has 0 fully saturated rings. The van der Waals surface area contributed by atoms with Gasteiger partial charge >= 0.3 is 0 Å². The number of methoxy groups -OCH3 is 1. The van der Waals surface area contributed by atoms with E-state index in [2.05, 4.69) is 30.9 Å². The van der Waals surface area contributed by atoms with Gasteiger partial charge in [0.2, 0.25) is 11.0 Å². The fourth-order valence-corrected chi connectivity index (χ4v) is 3.78. The van der Waals surface area contributed by atoms with Gasteiger partial charge in [-0.2, -0.15) is 9.48 Å². The molecule has 2 aromatic carbocycles. The van der Waals surface area contributed by atoms with Crippen LogP contribution in [0.15, 0.2) is 59.8 Å². The lowest BCUT2D eigenvalue weighted by molar-refractivity contribution is 0.414. The first-order valence-corrected chi connectivity index (χ1v) is 10.7. The number of tetrazole rings is 2. The Kier molecular flexibility index (Phi) is 6.65. The molecule has 0 aliphatic carbocycles. The van der Waals surface area contributed by atoms with E-state index < -0.39 is 0 Å². The number of rotatable bonds is 10. The van der Waals surface area contributed by atoms with E-state index in [4.69, 9.17) is 4.74 Å². The molecule has 0 aliphatic heterocycles. The Morgan fingerprint density at radius 3 is 2.53 bits per heavy atom. The minimum absolute atomic E-state index is 0.663. The van der Waals surface area contributed by atoms with Crippen molar-refractivity contribution in [1.82, 2.24) is 40.4 Å². The molecule has 0 atom stereocenters. The number of unbranched alkanes of at least 4 members (excludes halogenated alkanes) is 2. The molecular formula is C20H22N8OS. The highest BCUT2D eigenvalue weighted by molar-refractivity contribution is 7.99. The van der Waals surface area contributed by atoms with Gasteiger partial charge in [0.05, 0.1) is 19.3 Å². The average Bonchev–Trinajstić information content (AvgIpc) is 3.47. The Morgan fingerprint density at radius 2 is 1.73 bits per heavy atom. The van der Waals surface area contributed by atoms with Crippen LogP contribution in [0.5, 0.6) is 5.75 Å². The highest BCUT2D eigenvalue weighted by Gasteiger charge is 2.09. The lowest BCUT2D eigenvalue weighted by Gasteiger charge is -2.05. The molecule has 10 heteroatoms. The zero-order valence-corrected chi connectivity index (χ0v) is 17.4. The number of aromatic nitrogens is 8. The molecular weight excluding hydrogens is 400 g/mol. The maximum Gasteiger partial charge on any atom is 0.214 e. The second-order valence-electron chi connectivity index (χ2n) is 6.56.